The summed E-state index contributed by atoms with van der Waals surface area (Å²) in [6.07, 6.45) is 1.16. The number of amides is 1. The minimum Gasteiger partial charge on any atom is -0.389 e. The van der Waals surface area contributed by atoms with Crippen LogP contribution in [0.1, 0.15) is 19.5 Å². The third kappa shape index (κ3) is 6.36. The summed E-state index contributed by atoms with van der Waals surface area (Å²) in [6.45, 7) is 5.13. The van der Waals surface area contributed by atoms with Crippen molar-refractivity contribution in [1.29, 1.82) is 0 Å². The van der Waals surface area contributed by atoms with Crippen LogP contribution in [0.15, 0.2) is 12.3 Å². The van der Waals surface area contributed by atoms with Crippen LogP contribution in [0.2, 0.25) is 0 Å². The van der Waals surface area contributed by atoms with E-state index in [1.54, 1.807) is 12.3 Å². The first-order valence-corrected chi connectivity index (χ1v) is 6.08. The predicted octanol–water partition coefficient (Wildman–Crippen LogP) is 0.102. The maximum Gasteiger partial charge on any atom is 0.226 e. The molecule has 1 heterocycles. The number of aromatic amines is 1. The molecule has 0 spiro atoms. The highest BCUT2D eigenvalue weighted by Gasteiger charge is 2.08. The van der Waals surface area contributed by atoms with E-state index in [-0.39, 0.29) is 25.5 Å². The Morgan fingerprint density at radius 1 is 1.56 bits per heavy atom. The Hall–Kier alpha value is -1.40. The number of nitrogens with zero attached hydrogens (tertiary/aromatic N) is 1. The largest absolute Gasteiger partial charge is 0.389 e. The zero-order chi connectivity index (χ0) is 13.4. The van der Waals surface area contributed by atoms with Crippen molar-refractivity contribution in [2.45, 2.75) is 26.4 Å². The molecule has 6 nitrogen and oxygen atoms in total. The van der Waals surface area contributed by atoms with Gasteiger partial charge in [0.1, 0.15) is 0 Å². The molecule has 0 saturated carbocycles. The monoisotopic (exact) mass is 255 g/mol. The number of hydrogen-bond acceptors (Lipinski definition) is 4. The maximum atomic E-state index is 11.5. The van der Waals surface area contributed by atoms with Gasteiger partial charge in [0, 0.05) is 25.0 Å². The summed E-state index contributed by atoms with van der Waals surface area (Å²) in [5, 5.41) is 18.7. The number of hydrogen-bond donors (Lipinski definition) is 3. The molecule has 0 aromatic carbocycles. The summed E-state index contributed by atoms with van der Waals surface area (Å²) in [4.78, 5) is 11.5. The SMILES string of the molecule is CC(C)COCC(O)CNC(=O)Cc1ccn[nH]1. The number of carbonyl (C=O) groups excluding carboxylic acids is 1. The zero-order valence-corrected chi connectivity index (χ0v) is 10.8. The molecule has 1 amide bonds. The van der Waals surface area contributed by atoms with Crippen molar-refractivity contribution in [2.24, 2.45) is 5.92 Å². The minimum absolute atomic E-state index is 0.151. The first kappa shape index (κ1) is 14.7. The fourth-order valence-corrected chi connectivity index (χ4v) is 1.35. The second-order valence-electron chi connectivity index (χ2n) is 4.65. The summed E-state index contributed by atoms with van der Waals surface area (Å²) in [6, 6.07) is 1.74. The van der Waals surface area contributed by atoms with Crippen LogP contribution in [-0.2, 0) is 16.0 Å². The summed E-state index contributed by atoms with van der Waals surface area (Å²) >= 11 is 0. The number of aliphatic hydroxyl groups excluding tert-OH is 1. The van der Waals surface area contributed by atoms with Crippen LogP contribution in [-0.4, -0.2) is 47.1 Å². The quantitative estimate of drug-likeness (QED) is 0.615. The fraction of sp³-hybridized carbons (Fsp3) is 0.667. The van der Waals surface area contributed by atoms with Crippen LogP contribution in [0.5, 0.6) is 0 Å². The molecular formula is C12H21N3O3. The minimum atomic E-state index is -0.672. The molecule has 0 aliphatic carbocycles. The lowest BCUT2D eigenvalue weighted by Crippen LogP contribution is -2.35. The Bertz CT molecular complexity index is 338. The standard InChI is InChI=1S/C12H21N3O3/c1-9(2)7-18-8-11(16)6-13-12(17)5-10-3-4-14-15-10/h3-4,9,11,16H,5-8H2,1-2H3,(H,13,17)(H,14,15). The molecule has 3 N–H and O–H groups in total. The smallest absolute Gasteiger partial charge is 0.226 e. The molecule has 0 radical (unpaired) electrons. The first-order valence-electron chi connectivity index (χ1n) is 6.08. The number of ether oxygens (including phenoxy) is 1. The van der Waals surface area contributed by atoms with Crippen molar-refractivity contribution >= 4 is 5.91 Å². The highest BCUT2D eigenvalue weighted by Crippen LogP contribution is 1.95. The van der Waals surface area contributed by atoms with Gasteiger partial charge in [0.2, 0.25) is 5.91 Å². The van der Waals surface area contributed by atoms with Gasteiger partial charge in [-0.2, -0.15) is 5.10 Å². The first-order chi connectivity index (χ1) is 8.58. The molecule has 18 heavy (non-hydrogen) atoms. The Morgan fingerprint density at radius 2 is 2.33 bits per heavy atom. The van der Waals surface area contributed by atoms with Gasteiger partial charge in [0.15, 0.2) is 0 Å². The average Bonchev–Trinajstić information content (AvgIpc) is 2.78. The van der Waals surface area contributed by atoms with E-state index in [1.165, 1.54) is 0 Å². The van der Waals surface area contributed by atoms with Crippen molar-refractivity contribution in [2.75, 3.05) is 19.8 Å². The van der Waals surface area contributed by atoms with Crippen molar-refractivity contribution in [3.63, 3.8) is 0 Å². The lowest BCUT2D eigenvalue weighted by Gasteiger charge is -2.13. The van der Waals surface area contributed by atoms with Gasteiger partial charge in [-0.3, -0.25) is 9.89 Å². The van der Waals surface area contributed by atoms with Gasteiger partial charge in [-0.25, -0.2) is 0 Å². The molecule has 0 fully saturated rings. The number of aliphatic hydroxyl groups is 1. The summed E-state index contributed by atoms with van der Waals surface area (Å²) in [7, 11) is 0. The highest BCUT2D eigenvalue weighted by atomic mass is 16.5. The van der Waals surface area contributed by atoms with Gasteiger partial charge < -0.3 is 15.2 Å². The van der Waals surface area contributed by atoms with Crippen molar-refractivity contribution in [1.82, 2.24) is 15.5 Å². The number of aromatic nitrogens is 2. The van der Waals surface area contributed by atoms with Crippen LogP contribution in [0.4, 0.5) is 0 Å². The molecule has 1 rings (SSSR count). The van der Waals surface area contributed by atoms with E-state index in [9.17, 15) is 9.90 Å². The Kier molecular flexibility index (Phi) is 6.38. The molecule has 6 heteroatoms. The number of rotatable bonds is 8. The van der Waals surface area contributed by atoms with E-state index in [0.29, 0.717) is 12.5 Å². The van der Waals surface area contributed by atoms with Crippen molar-refractivity contribution in [3.05, 3.63) is 18.0 Å². The fourth-order valence-electron chi connectivity index (χ4n) is 1.35. The lowest BCUT2D eigenvalue weighted by molar-refractivity contribution is -0.121. The average molecular weight is 255 g/mol. The molecule has 1 unspecified atom stereocenters. The molecule has 1 atom stereocenters. The normalized spacial score (nSPS) is 12.7. The van der Waals surface area contributed by atoms with Gasteiger partial charge in [-0.15, -0.1) is 0 Å². The van der Waals surface area contributed by atoms with Crippen LogP contribution >= 0.6 is 0 Å². The second-order valence-corrected chi connectivity index (χ2v) is 4.65. The summed E-state index contributed by atoms with van der Waals surface area (Å²) < 4.78 is 5.28. The van der Waals surface area contributed by atoms with E-state index >= 15 is 0 Å². The third-order valence-corrected chi connectivity index (χ3v) is 2.21. The summed E-state index contributed by atoms with van der Waals surface area (Å²) in [5.41, 5.74) is 0.748. The van der Waals surface area contributed by atoms with Crippen LogP contribution in [0, 0.1) is 5.92 Å². The lowest BCUT2D eigenvalue weighted by atomic mass is 10.2. The second kappa shape index (κ2) is 7.84. The van der Waals surface area contributed by atoms with Gasteiger partial charge in [0.25, 0.3) is 0 Å². The Balaban J connectivity index is 2.10. The van der Waals surface area contributed by atoms with Gasteiger partial charge >= 0.3 is 0 Å². The van der Waals surface area contributed by atoms with E-state index in [2.05, 4.69) is 15.5 Å². The van der Waals surface area contributed by atoms with E-state index in [0.717, 1.165) is 5.69 Å². The Morgan fingerprint density at radius 3 is 2.94 bits per heavy atom. The molecule has 102 valence electrons. The third-order valence-electron chi connectivity index (χ3n) is 2.21. The van der Waals surface area contributed by atoms with Crippen LogP contribution < -0.4 is 5.32 Å². The number of carbonyl (C=O) groups is 1. The summed E-state index contributed by atoms with van der Waals surface area (Å²) in [5.74, 6) is 0.286. The van der Waals surface area contributed by atoms with Gasteiger partial charge in [-0.05, 0) is 12.0 Å². The van der Waals surface area contributed by atoms with Gasteiger partial charge in [0.05, 0.1) is 19.1 Å². The number of nitrogens with one attached hydrogen (secondary N) is 2. The van der Waals surface area contributed by atoms with E-state index in [4.69, 9.17) is 4.74 Å². The highest BCUT2D eigenvalue weighted by molar-refractivity contribution is 5.78. The molecule has 0 aliphatic heterocycles. The van der Waals surface area contributed by atoms with E-state index < -0.39 is 6.10 Å². The van der Waals surface area contributed by atoms with Crippen LogP contribution in [0.3, 0.4) is 0 Å². The Labute approximate surface area is 107 Å². The predicted molar refractivity (Wildman–Crippen MR) is 67.0 cm³/mol. The molecule has 1 aromatic rings. The molecule has 0 aliphatic rings. The van der Waals surface area contributed by atoms with Crippen molar-refractivity contribution in [3.8, 4) is 0 Å². The molecule has 0 saturated heterocycles. The molecule has 1 aromatic heterocycles. The molecular weight excluding hydrogens is 234 g/mol. The topological polar surface area (TPSA) is 87.2 Å². The van der Waals surface area contributed by atoms with E-state index in [1.807, 2.05) is 13.8 Å². The van der Waals surface area contributed by atoms with Crippen LogP contribution in [0.25, 0.3) is 0 Å². The van der Waals surface area contributed by atoms with Crippen molar-refractivity contribution < 1.29 is 14.6 Å². The van der Waals surface area contributed by atoms with Gasteiger partial charge in [-0.1, -0.05) is 13.8 Å². The molecule has 0 bridgehead atoms. The maximum absolute atomic E-state index is 11.5. The number of H-pyrrole nitrogens is 1. The zero-order valence-electron chi connectivity index (χ0n) is 10.8.